The van der Waals surface area contributed by atoms with Gasteiger partial charge in [-0.3, -0.25) is 19.8 Å². The van der Waals surface area contributed by atoms with Gasteiger partial charge in [0.15, 0.2) is 0 Å². The number of hydrogen-bond acceptors (Lipinski definition) is 5. The molecule has 0 aliphatic carbocycles. The summed E-state index contributed by atoms with van der Waals surface area (Å²) in [7, 11) is 1.79. The molecule has 5 nitrogen and oxygen atoms in total. The number of imide groups is 1. The molecule has 0 radical (unpaired) electrons. The first-order chi connectivity index (χ1) is 12.6. The first-order valence-corrected chi connectivity index (χ1v) is 10.2. The van der Waals surface area contributed by atoms with Crippen molar-refractivity contribution in [3.63, 3.8) is 0 Å². The second kappa shape index (κ2) is 7.19. The van der Waals surface area contributed by atoms with Crippen molar-refractivity contribution < 1.29 is 9.59 Å². The summed E-state index contributed by atoms with van der Waals surface area (Å²) < 4.78 is 1.70. The lowest BCUT2D eigenvalue weighted by Gasteiger charge is -2.34. The average molecular weight is 386 g/mol. The second-order valence-electron chi connectivity index (χ2n) is 6.32. The molecule has 4 rings (SSSR count). The van der Waals surface area contributed by atoms with Crippen LogP contribution in [-0.2, 0) is 18.3 Å². The van der Waals surface area contributed by atoms with Crippen molar-refractivity contribution in [3.8, 4) is 0 Å². The number of aryl methyl sites for hydroxylation is 1. The largest absolute Gasteiger partial charge is 0.347 e. The van der Waals surface area contributed by atoms with E-state index in [0.717, 1.165) is 13.0 Å². The fourth-order valence-corrected chi connectivity index (χ4v) is 5.21. The number of nitrogens with one attached hydrogen (secondary N) is 1. The van der Waals surface area contributed by atoms with Crippen LogP contribution in [0, 0.1) is 0 Å². The fraction of sp³-hybridized carbons (Fsp3) is 0.263. The molecule has 0 saturated carbocycles. The molecule has 1 atom stereocenters. The lowest BCUT2D eigenvalue weighted by atomic mass is 9.98. The van der Waals surface area contributed by atoms with Crippen LogP contribution >= 0.6 is 22.7 Å². The molecule has 3 aromatic rings. The molecule has 134 valence electrons. The van der Waals surface area contributed by atoms with Gasteiger partial charge >= 0.3 is 0 Å². The number of carbonyl (C=O) groups is 2. The summed E-state index contributed by atoms with van der Waals surface area (Å²) in [5, 5.41) is 6.70. The second-order valence-corrected chi connectivity index (χ2v) is 8.30. The van der Waals surface area contributed by atoms with Crippen molar-refractivity contribution in [2.75, 3.05) is 13.1 Å². The van der Waals surface area contributed by atoms with Crippen molar-refractivity contribution >= 4 is 34.5 Å². The number of hydrogen-bond donors (Lipinski definition) is 1. The van der Waals surface area contributed by atoms with E-state index in [1.807, 2.05) is 6.07 Å². The molecular weight excluding hydrogens is 366 g/mol. The maximum absolute atomic E-state index is 12.5. The van der Waals surface area contributed by atoms with Gasteiger partial charge in [0.1, 0.15) is 5.69 Å². The Bertz CT molecular complexity index is 926. The standard InChI is InChI=1S/C19H19N3O2S2/c1-21-8-2-4-14(21)19(24)20-17(23)12-22-9-6-15-13(7-11-26-15)18(22)16-5-3-10-25-16/h2-5,7-8,10-11,18H,6,9,12H2,1H3,(H,20,23,24)/t18-/m1/s1. The van der Waals surface area contributed by atoms with Crippen molar-refractivity contribution in [1.29, 1.82) is 0 Å². The third kappa shape index (κ3) is 3.25. The van der Waals surface area contributed by atoms with Gasteiger partial charge in [0.05, 0.1) is 12.6 Å². The van der Waals surface area contributed by atoms with E-state index < -0.39 is 0 Å². The summed E-state index contributed by atoms with van der Waals surface area (Å²) in [6, 6.07) is 9.88. The zero-order valence-corrected chi connectivity index (χ0v) is 16.0. The van der Waals surface area contributed by atoms with Crippen LogP contribution in [0.4, 0.5) is 0 Å². The number of carbonyl (C=O) groups excluding carboxylic acids is 2. The van der Waals surface area contributed by atoms with E-state index in [1.165, 1.54) is 15.3 Å². The van der Waals surface area contributed by atoms with E-state index in [0.29, 0.717) is 5.69 Å². The minimum atomic E-state index is -0.358. The van der Waals surface area contributed by atoms with Gasteiger partial charge in [-0.2, -0.15) is 0 Å². The van der Waals surface area contributed by atoms with E-state index in [4.69, 9.17) is 0 Å². The van der Waals surface area contributed by atoms with Gasteiger partial charge in [-0.25, -0.2) is 0 Å². The summed E-state index contributed by atoms with van der Waals surface area (Å²) in [6.45, 7) is 1.01. The van der Waals surface area contributed by atoms with E-state index in [9.17, 15) is 9.59 Å². The highest BCUT2D eigenvalue weighted by Gasteiger charge is 2.31. The smallest absolute Gasteiger partial charge is 0.274 e. The number of amides is 2. The Kier molecular flexibility index (Phi) is 4.76. The fourth-order valence-electron chi connectivity index (χ4n) is 3.43. The van der Waals surface area contributed by atoms with Crippen LogP contribution in [-0.4, -0.2) is 34.4 Å². The molecule has 7 heteroatoms. The van der Waals surface area contributed by atoms with Crippen LogP contribution in [0.1, 0.15) is 31.8 Å². The highest BCUT2D eigenvalue weighted by molar-refractivity contribution is 7.10. The molecule has 1 N–H and O–H groups in total. The molecule has 26 heavy (non-hydrogen) atoms. The summed E-state index contributed by atoms with van der Waals surface area (Å²) in [5.74, 6) is -0.625. The van der Waals surface area contributed by atoms with E-state index in [1.54, 1.807) is 52.6 Å². The van der Waals surface area contributed by atoms with Crippen molar-refractivity contribution in [2.24, 2.45) is 7.05 Å². The molecule has 0 spiro atoms. The number of nitrogens with zero attached hydrogens (tertiary/aromatic N) is 2. The third-order valence-corrected chi connectivity index (χ3v) is 6.58. The lowest BCUT2D eigenvalue weighted by Crippen LogP contribution is -2.44. The molecule has 1 aliphatic heterocycles. The SMILES string of the molecule is Cn1cccc1C(=O)NC(=O)CN1CCc2sccc2[C@@H]1c1cccs1. The third-order valence-electron chi connectivity index (χ3n) is 4.65. The van der Waals surface area contributed by atoms with Crippen molar-refractivity contribution in [2.45, 2.75) is 12.5 Å². The van der Waals surface area contributed by atoms with Crippen molar-refractivity contribution in [3.05, 3.63) is 68.3 Å². The van der Waals surface area contributed by atoms with Crippen LogP contribution in [0.25, 0.3) is 0 Å². The van der Waals surface area contributed by atoms with Gasteiger partial charge in [0.25, 0.3) is 5.91 Å². The van der Waals surface area contributed by atoms with Crippen molar-refractivity contribution in [1.82, 2.24) is 14.8 Å². The number of thiophene rings is 2. The van der Waals surface area contributed by atoms with Gasteiger partial charge in [-0.15, -0.1) is 22.7 Å². The molecule has 0 unspecified atom stereocenters. The topological polar surface area (TPSA) is 54.3 Å². The molecule has 0 fully saturated rings. The minimum Gasteiger partial charge on any atom is -0.347 e. The Hall–Kier alpha value is -2.22. The molecule has 3 aromatic heterocycles. The number of rotatable bonds is 4. The highest BCUT2D eigenvalue weighted by Crippen LogP contribution is 2.39. The summed E-state index contributed by atoms with van der Waals surface area (Å²) in [5.41, 5.74) is 1.76. The van der Waals surface area contributed by atoms with Crippen LogP contribution < -0.4 is 5.32 Å². The summed E-state index contributed by atoms with van der Waals surface area (Å²) in [4.78, 5) is 29.6. The van der Waals surface area contributed by atoms with E-state index >= 15 is 0 Å². The molecule has 1 aliphatic rings. The van der Waals surface area contributed by atoms with E-state index in [-0.39, 0.29) is 24.4 Å². The van der Waals surface area contributed by atoms with E-state index in [2.05, 4.69) is 33.1 Å². The average Bonchev–Trinajstić information content (AvgIpc) is 3.35. The summed E-state index contributed by atoms with van der Waals surface area (Å²) >= 11 is 3.48. The lowest BCUT2D eigenvalue weighted by molar-refractivity contribution is -0.121. The van der Waals surface area contributed by atoms with Gasteiger partial charge < -0.3 is 4.57 Å². The predicted molar refractivity (Wildman–Crippen MR) is 104 cm³/mol. The predicted octanol–water partition coefficient (Wildman–Crippen LogP) is 3.05. The Morgan fingerprint density at radius 2 is 2.08 bits per heavy atom. The first kappa shape index (κ1) is 17.2. The summed E-state index contributed by atoms with van der Waals surface area (Å²) in [6.07, 6.45) is 2.73. The van der Waals surface area contributed by atoms with Gasteiger partial charge in [0, 0.05) is 29.5 Å². The zero-order valence-electron chi connectivity index (χ0n) is 14.3. The normalized spacial score (nSPS) is 17.0. The molecular formula is C19H19N3O2S2. The highest BCUT2D eigenvalue weighted by atomic mass is 32.1. The maximum atomic E-state index is 12.5. The number of fused-ring (bicyclic) bond motifs is 1. The minimum absolute atomic E-state index is 0.0842. The van der Waals surface area contributed by atoms with Crippen LogP contribution in [0.2, 0.25) is 0 Å². The Labute approximate surface area is 159 Å². The van der Waals surface area contributed by atoms with Crippen LogP contribution in [0.3, 0.4) is 0 Å². The zero-order chi connectivity index (χ0) is 18.1. The van der Waals surface area contributed by atoms with Gasteiger partial charge in [0.2, 0.25) is 5.91 Å². The van der Waals surface area contributed by atoms with Gasteiger partial charge in [-0.1, -0.05) is 6.07 Å². The Morgan fingerprint density at radius 3 is 2.81 bits per heavy atom. The number of aromatic nitrogens is 1. The molecule has 4 heterocycles. The Balaban J connectivity index is 1.51. The molecule has 0 aromatic carbocycles. The van der Waals surface area contributed by atoms with Crippen LogP contribution in [0.15, 0.2) is 47.3 Å². The molecule has 2 amide bonds. The molecule has 0 saturated heterocycles. The monoisotopic (exact) mass is 385 g/mol. The van der Waals surface area contributed by atoms with Crippen LogP contribution in [0.5, 0.6) is 0 Å². The maximum Gasteiger partial charge on any atom is 0.274 e. The van der Waals surface area contributed by atoms with Gasteiger partial charge in [-0.05, 0) is 47.0 Å². The first-order valence-electron chi connectivity index (χ1n) is 8.42. The quantitative estimate of drug-likeness (QED) is 0.751. The molecule has 0 bridgehead atoms. The Morgan fingerprint density at radius 1 is 1.19 bits per heavy atom.